The highest BCUT2D eigenvalue weighted by Gasteiger charge is 2.20. The van der Waals surface area contributed by atoms with Crippen LogP contribution < -0.4 is 16.2 Å². The van der Waals surface area contributed by atoms with E-state index in [1.807, 2.05) is 20.8 Å². The Hall–Kier alpha value is -3.42. The van der Waals surface area contributed by atoms with Gasteiger partial charge in [0.25, 0.3) is 5.56 Å². The number of nitrogens with zero attached hydrogens (tertiary/aromatic N) is 2. The van der Waals surface area contributed by atoms with Gasteiger partial charge in [0.05, 0.1) is 11.9 Å². The highest BCUT2D eigenvalue weighted by molar-refractivity contribution is 5.99. The van der Waals surface area contributed by atoms with Gasteiger partial charge in [0.1, 0.15) is 5.76 Å². The summed E-state index contributed by atoms with van der Waals surface area (Å²) in [5, 5.41) is 9.16. The third kappa shape index (κ3) is 3.97. The van der Waals surface area contributed by atoms with Gasteiger partial charge in [-0.15, -0.1) is 0 Å². The second-order valence-electron chi connectivity index (χ2n) is 6.78. The molecule has 0 unspecified atom stereocenters. The highest BCUT2D eigenvalue weighted by atomic mass is 16.5. The van der Waals surface area contributed by atoms with E-state index in [2.05, 4.69) is 25.8 Å². The number of nitrogens with one attached hydrogen (secondary N) is 3. The zero-order valence-corrected chi connectivity index (χ0v) is 14.7. The number of rotatable bonds is 3. The van der Waals surface area contributed by atoms with Crippen molar-refractivity contribution in [3.63, 3.8) is 0 Å². The molecule has 0 atom stereocenters. The Labute approximate surface area is 149 Å². The molecule has 8 nitrogen and oxygen atoms in total. The summed E-state index contributed by atoms with van der Waals surface area (Å²) in [6, 6.07) is 8.14. The van der Waals surface area contributed by atoms with Crippen molar-refractivity contribution in [3.05, 3.63) is 59.0 Å². The number of benzene rings is 1. The van der Waals surface area contributed by atoms with Crippen LogP contribution in [0.3, 0.4) is 0 Å². The van der Waals surface area contributed by atoms with E-state index in [0.29, 0.717) is 28.4 Å². The van der Waals surface area contributed by atoms with Crippen molar-refractivity contribution in [2.75, 3.05) is 10.6 Å². The molecule has 2 heterocycles. The Morgan fingerprint density at radius 3 is 2.69 bits per heavy atom. The summed E-state index contributed by atoms with van der Waals surface area (Å²) in [6.07, 6.45) is 2.80. The third-order valence-corrected chi connectivity index (χ3v) is 3.64. The maximum absolute atomic E-state index is 12.2. The molecular formula is C18H19N5O3. The van der Waals surface area contributed by atoms with Crippen molar-refractivity contribution in [2.24, 2.45) is 0 Å². The van der Waals surface area contributed by atoms with Crippen LogP contribution in [0, 0.1) is 0 Å². The second-order valence-corrected chi connectivity index (χ2v) is 6.78. The first-order chi connectivity index (χ1) is 12.3. The summed E-state index contributed by atoms with van der Waals surface area (Å²) < 4.78 is 5.23. The minimum absolute atomic E-state index is 0.200. The first kappa shape index (κ1) is 17.4. The van der Waals surface area contributed by atoms with Crippen LogP contribution in [-0.2, 0) is 5.41 Å². The molecule has 0 aliphatic carbocycles. The summed E-state index contributed by atoms with van der Waals surface area (Å²) in [5.74, 6) is 0.998. The van der Waals surface area contributed by atoms with E-state index >= 15 is 0 Å². The Kier molecular flexibility index (Phi) is 4.57. The van der Waals surface area contributed by atoms with Gasteiger partial charge in [0.2, 0.25) is 0 Å². The highest BCUT2D eigenvalue weighted by Crippen LogP contribution is 2.24. The van der Waals surface area contributed by atoms with Crippen LogP contribution in [0.4, 0.5) is 16.3 Å². The molecule has 134 valence electrons. The topological polar surface area (TPSA) is 113 Å². The van der Waals surface area contributed by atoms with E-state index < -0.39 is 6.03 Å². The number of carbonyl (C=O) groups is 1. The molecule has 0 fully saturated rings. The summed E-state index contributed by atoms with van der Waals surface area (Å²) in [6.45, 7) is 5.97. The Morgan fingerprint density at radius 2 is 2.00 bits per heavy atom. The summed E-state index contributed by atoms with van der Waals surface area (Å²) in [4.78, 5) is 30.5. The summed E-state index contributed by atoms with van der Waals surface area (Å²) in [7, 11) is 0. The van der Waals surface area contributed by atoms with Gasteiger partial charge < -0.3 is 14.8 Å². The zero-order valence-electron chi connectivity index (χ0n) is 14.7. The summed E-state index contributed by atoms with van der Waals surface area (Å²) in [5.41, 5.74) is 1.15. The fourth-order valence-electron chi connectivity index (χ4n) is 2.28. The zero-order chi connectivity index (χ0) is 18.7. The molecule has 26 heavy (non-hydrogen) atoms. The maximum atomic E-state index is 12.2. The number of hydrogen-bond acceptors (Lipinski definition) is 5. The van der Waals surface area contributed by atoms with Crippen molar-refractivity contribution >= 4 is 17.5 Å². The predicted octanol–water partition coefficient (Wildman–Crippen LogP) is 3.37. The molecular weight excluding hydrogens is 334 g/mol. The largest absolute Gasteiger partial charge is 0.359 e. The van der Waals surface area contributed by atoms with Crippen molar-refractivity contribution in [1.29, 1.82) is 0 Å². The van der Waals surface area contributed by atoms with Gasteiger partial charge in [0, 0.05) is 23.4 Å². The van der Waals surface area contributed by atoms with Gasteiger partial charge in [-0.2, -0.15) is 0 Å². The average Bonchev–Trinajstić information content (AvgIpc) is 3.04. The predicted molar refractivity (Wildman–Crippen MR) is 98.1 cm³/mol. The van der Waals surface area contributed by atoms with Crippen molar-refractivity contribution in [3.8, 4) is 11.1 Å². The lowest BCUT2D eigenvalue weighted by molar-refractivity contribution is 0.262. The fraction of sp³-hybridized carbons (Fsp3) is 0.222. The lowest BCUT2D eigenvalue weighted by Crippen LogP contribution is -2.19. The molecule has 0 radical (unpaired) electrons. The van der Waals surface area contributed by atoms with Crippen LogP contribution in [0.5, 0.6) is 0 Å². The van der Waals surface area contributed by atoms with E-state index in [1.165, 1.54) is 12.5 Å². The molecule has 0 saturated heterocycles. The van der Waals surface area contributed by atoms with Crippen LogP contribution in [0.2, 0.25) is 0 Å². The van der Waals surface area contributed by atoms with E-state index in [9.17, 15) is 9.59 Å². The van der Waals surface area contributed by atoms with Gasteiger partial charge in [-0.1, -0.05) is 38.1 Å². The van der Waals surface area contributed by atoms with Gasteiger partial charge in [-0.05, 0) is 17.7 Å². The molecule has 8 heteroatoms. The van der Waals surface area contributed by atoms with Gasteiger partial charge in [0.15, 0.2) is 5.82 Å². The quantitative estimate of drug-likeness (QED) is 0.668. The molecule has 2 amide bonds. The molecule has 0 aliphatic rings. The van der Waals surface area contributed by atoms with Gasteiger partial charge in [-0.25, -0.2) is 9.78 Å². The average molecular weight is 353 g/mol. The van der Waals surface area contributed by atoms with Crippen LogP contribution in [0.15, 0.2) is 52.2 Å². The SMILES string of the molecule is CC(C)(C)c1cc(NC(=O)Nc2cccc(-c3cnc[nH]c3=O)c2)no1. The Balaban J connectivity index is 1.72. The first-order valence-corrected chi connectivity index (χ1v) is 8.01. The minimum Gasteiger partial charge on any atom is -0.359 e. The second kappa shape index (κ2) is 6.83. The van der Waals surface area contributed by atoms with E-state index in [1.54, 1.807) is 30.3 Å². The van der Waals surface area contributed by atoms with Crippen molar-refractivity contribution < 1.29 is 9.32 Å². The Morgan fingerprint density at radius 1 is 1.19 bits per heavy atom. The lowest BCUT2D eigenvalue weighted by atomic mass is 9.93. The van der Waals surface area contributed by atoms with Crippen molar-refractivity contribution in [2.45, 2.75) is 26.2 Å². The number of anilines is 2. The fourth-order valence-corrected chi connectivity index (χ4v) is 2.28. The molecule has 3 N–H and O–H groups in total. The first-order valence-electron chi connectivity index (χ1n) is 8.01. The minimum atomic E-state index is -0.462. The van der Waals surface area contributed by atoms with E-state index in [4.69, 9.17) is 4.52 Å². The molecule has 0 spiro atoms. The molecule has 2 aromatic heterocycles. The van der Waals surface area contributed by atoms with Gasteiger partial charge in [-0.3, -0.25) is 10.1 Å². The molecule has 3 rings (SSSR count). The van der Waals surface area contributed by atoms with Crippen LogP contribution in [0.25, 0.3) is 11.1 Å². The van der Waals surface area contributed by atoms with E-state index in [-0.39, 0.29) is 11.0 Å². The monoisotopic (exact) mass is 353 g/mol. The van der Waals surface area contributed by atoms with Crippen LogP contribution in [0.1, 0.15) is 26.5 Å². The molecule has 0 bridgehead atoms. The third-order valence-electron chi connectivity index (χ3n) is 3.64. The molecule has 3 aromatic rings. The summed E-state index contributed by atoms with van der Waals surface area (Å²) >= 11 is 0. The smallest absolute Gasteiger partial charge is 0.324 e. The number of aromatic nitrogens is 3. The molecule has 0 saturated carbocycles. The van der Waals surface area contributed by atoms with Gasteiger partial charge >= 0.3 is 6.03 Å². The van der Waals surface area contributed by atoms with E-state index in [0.717, 1.165) is 0 Å². The molecule has 1 aromatic carbocycles. The lowest BCUT2D eigenvalue weighted by Gasteiger charge is -2.12. The van der Waals surface area contributed by atoms with Crippen LogP contribution >= 0.6 is 0 Å². The number of amides is 2. The standard InChI is InChI=1S/C18H19N5O3/c1-18(2,3)14-8-15(23-26-14)22-17(25)21-12-6-4-5-11(7-12)13-9-19-10-20-16(13)24/h4-10H,1-3H3,(H,19,20,24)(H2,21,22,23,25). The maximum Gasteiger partial charge on any atom is 0.324 e. The number of carbonyl (C=O) groups excluding carboxylic acids is 1. The number of urea groups is 1. The molecule has 0 aliphatic heterocycles. The van der Waals surface area contributed by atoms with Crippen LogP contribution in [-0.4, -0.2) is 21.2 Å². The number of hydrogen-bond donors (Lipinski definition) is 3. The van der Waals surface area contributed by atoms with Crippen molar-refractivity contribution in [1.82, 2.24) is 15.1 Å². The number of H-pyrrole nitrogens is 1. The Bertz CT molecular complexity index is 984. The normalized spacial score (nSPS) is 11.2. The number of aromatic amines is 1.